The maximum atomic E-state index is 12.0. The lowest BCUT2D eigenvalue weighted by molar-refractivity contribution is -0.154. The van der Waals surface area contributed by atoms with Crippen LogP contribution < -0.4 is 0 Å². The Labute approximate surface area is 152 Å². The number of rotatable bonds is 5. The fourth-order valence-corrected chi connectivity index (χ4v) is 3.07. The Bertz CT molecular complexity index is 747. The standard InChI is InChI=1S/C22H20O2.H3P/c1-18(23)24-22(20-13-7-3-8-14-20,21-15-9-4-10-16-21)17-19-11-5-2-6-12-19;/h2-16H,17H2,1H3;1H3. The zero-order valence-corrected chi connectivity index (χ0v) is 15.8. The summed E-state index contributed by atoms with van der Waals surface area (Å²) in [7, 11) is 0. The second-order valence-corrected chi connectivity index (χ2v) is 5.82. The Morgan fingerprint density at radius 2 is 1.16 bits per heavy atom. The zero-order valence-electron chi connectivity index (χ0n) is 14.4. The summed E-state index contributed by atoms with van der Waals surface area (Å²) in [5.41, 5.74) is 2.22. The van der Waals surface area contributed by atoms with E-state index in [0.717, 1.165) is 16.7 Å². The van der Waals surface area contributed by atoms with Gasteiger partial charge in [0.25, 0.3) is 0 Å². The third-order valence-electron chi connectivity index (χ3n) is 4.09. The smallest absolute Gasteiger partial charge is 0.303 e. The summed E-state index contributed by atoms with van der Waals surface area (Å²) in [5, 5.41) is 0. The van der Waals surface area contributed by atoms with E-state index >= 15 is 0 Å². The first-order valence-electron chi connectivity index (χ1n) is 8.05. The van der Waals surface area contributed by atoms with Gasteiger partial charge in [0.1, 0.15) is 0 Å². The van der Waals surface area contributed by atoms with Crippen LogP contribution in [-0.2, 0) is 21.6 Å². The number of carbonyl (C=O) groups excluding carboxylic acids is 1. The highest BCUT2D eigenvalue weighted by Crippen LogP contribution is 2.37. The Hall–Kier alpha value is -2.44. The summed E-state index contributed by atoms with van der Waals surface area (Å²) in [6.45, 7) is 1.46. The molecule has 0 bridgehead atoms. The van der Waals surface area contributed by atoms with Crippen molar-refractivity contribution in [3.8, 4) is 0 Å². The third-order valence-corrected chi connectivity index (χ3v) is 4.09. The van der Waals surface area contributed by atoms with Crippen LogP contribution >= 0.6 is 9.90 Å². The highest BCUT2D eigenvalue weighted by atomic mass is 31.0. The normalized spacial score (nSPS) is 10.6. The first-order valence-corrected chi connectivity index (χ1v) is 8.05. The van der Waals surface area contributed by atoms with Crippen LogP contribution in [0.3, 0.4) is 0 Å². The lowest BCUT2D eigenvalue weighted by Gasteiger charge is -2.34. The van der Waals surface area contributed by atoms with Gasteiger partial charge in [-0.2, -0.15) is 9.90 Å². The number of esters is 1. The molecule has 1 atom stereocenters. The van der Waals surface area contributed by atoms with Crippen LogP contribution in [0.1, 0.15) is 23.6 Å². The summed E-state index contributed by atoms with van der Waals surface area (Å²) >= 11 is 0. The van der Waals surface area contributed by atoms with Crippen LogP contribution in [0.2, 0.25) is 0 Å². The molecule has 0 aliphatic carbocycles. The molecule has 3 rings (SSSR count). The van der Waals surface area contributed by atoms with E-state index in [0.29, 0.717) is 6.42 Å². The molecular formula is C22H23O2P. The summed E-state index contributed by atoms with van der Waals surface area (Å²) in [6, 6.07) is 30.0. The van der Waals surface area contributed by atoms with E-state index in [1.807, 2.05) is 78.9 Å². The average Bonchev–Trinajstić information content (AvgIpc) is 2.63. The molecule has 3 heteroatoms. The molecule has 0 aromatic heterocycles. The van der Waals surface area contributed by atoms with Crippen molar-refractivity contribution < 1.29 is 9.53 Å². The Morgan fingerprint density at radius 1 is 0.760 bits per heavy atom. The van der Waals surface area contributed by atoms with E-state index < -0.39 is 5.60 Å². The van der Waals surface area contributed by atoms with Crippen LogP contribution in [0, 0.1) is 0 Å². The largest absolute Gasteiger partial charge is 0.449 e. The first-order chi connectivity index (χ1) is 11.7. The van der Waals surface area contributed by atoms with Gasteiger partial charge in [0.2, 0.25) is 0 Å². The summed E-state index contributed by atoms with van der Waals surface area (Å²) in [6.07, 6.45) is 0.585. The maximum absolute atomic E-state index is 12.0. The average molecular weight is 350 g/mol. The molecule has 0 amide bonds. The topological polar surface area (TPSA) is 26.3 Å². The number of ether oxygens (including phenoxy) is 1. The lowest BCUT2D eigenvalue weighted by Crippen LogP contribution is -2.35. The molecule has 3 aromatic rings. The molecule has 25 heavy (non-hydrogen) atoms. The van der Waals surface area contributed by atoms with Crippen molar-refractivity contribution in [3.63, 3.8) is 0 Å². The SMILES string of the molecule is CC(=O)OC(Cc1ccccc1)(c1ccccc1)c1ccccc1.P. The van der Waals surface area contributed by atoms with Crippen LogP contribution in [-0.4, -0.2) is 5.97 Å². The molecule has 2 nitrogen and oxygen atoms in total. The van der Waals surface area contributed by atoms with E-state index in [9.17, 15) is 4.79 Å². The molecule has 0 spiro atoms. The molecule has 1 unspecified atom stereocenters. The lowest BCUT2D eigenvalue weighted by atomic mass is 9.81. The van der Waals surface area contributed by atoms with Gasteiger partial charge in [0, 0.05) is 24.5 Å². The van der Waals surface area contributed by atoms with Gasteiger partial charge >= 0.3 is 5.97 Å². The van der Waals surface area contributed by atoms with Crippen molar-refractivity contribution in [2.24, 2.45) is 0 Å². The predicted octanol–water partition coefficient (Wildman–Crippen LogP) is 4.79. The van der Waals surface area contributed by atoms with Gasteiger partial charge in [-0.1, -0.05) is 91.0 Å². The molecule has 0 saturated heterocycles. The van der Waals surface area contributed by atoms with Gasteiger partial charge in [0.05, 0.1) is 0 Å². The van der Waals surface area contributed by atoms with E-state index in [1.54, 1.807) is 0 Å². The molecule has 0 fully saturated rings. The van der Waals surface area contributed by atoms with Gasteiger partial charge in [-0.3, -0.25) is 4.79 Å². The van der Waals surface area contributed by atoms with Crippen molar-refractivity contribution >= 4 is 15.9 Å². The summed E-state index contributed by atoms with van der Waals surface area (Å²) in [4.78, 5) is 12.0. The number of hydrogen-bond acceptors (Lipinski definition) is 2. The second-order valence-electron chi connectivity index (χ2n) is 5.82. The monoisotopic (exact) mass is 350 g/mol. The molecule has 0 saturated carbocycles. The minimum atomic E-state index is -0.838. The van der Waals surface area contributed by atoms with Crippen molar-refractivity contribution in [1.29, 1.82) is 0 Å². The van der Waals surface area contributed by atoms with E-state index in [1.165, 1.54) is 6.92 Å². The molecule has 128 valence electrons. The highest BCUT2D eigenvalue weighted by molar-refractivity contribution is 6.92. The van der Waals surface area contributed by atoms with Gasteiger partial charge in [-0.05, 0) is 5.56 Å². The van der Waals surface area contributed by atoms with E-state index in [-0.39, 0.29) is 15.9 Å². The minimum Gasteiger partial charge on any atom is -0.449 e. The molecule has 0 N–H and O–H groups in total. The van der Waals surface area contributed by atoms with Gasteiger partial charge in [-0.25, -0.2) is 0 Å². The van der Waals surface area contributed by atoms with Gasteiger partial charge in [0.15, 0.2) is 5.60 Å². The molecule has 3 aromatic carbocycles. The van der Waals surface area contributed by atoms with E-state index in [4.69, 9.17) is 4.74 Å². The van der Waals surface area contributed by atoms with Crippen LogP contribution in [0.25, 0.3) is 0 Å². The zero-order chi connectivity index (χ0) is 16.8. The number of carbonyl (C=O) groups is 1. The van der Waals surface area contributed by atoms with Crippen molar-refractivity contribution in [2.45, 2.75) is 18.9 Å². The molecule has 0 aliphatic heterocycles. The second kappa shape index (κ2) is 8.60. The number of benzene rings is 3. The minimum absolute atomic E-state index is 0. The highest BCUT2D eigenvalue weighted by Gasteiger charge is 2.37. The molecular weight excluding hydrogens is 327 g/mol. The molecule has 0 radical (unpaired) electrons. The van der Waals surface area contributed by atoms with Crippen molar-refractivity contribution in [3.05, 3.63) is 108 Å². The van der Waals surface area contributed by atoms with Crippen molar-refractivity contribution in [1.82, 2.24) is 0 Å². The Morgan fingerprint density at radius 3 is 1.56 bits per heavy atom. The molecule has 0 aliphatic rings. The van der Waals surface area contributed by atoms with Crippen LogP contribution in [0.15, 0.2) is 91.0 Å². The maximum Gasteiger partial charge on any atom is 0.303 e. The summed E-state index contributed by atoms with van der Waals surface area (Å²) in [5.74, 6) is -0.293. The number of hydrogen-bond donors (Lipinski definition) is 0. The molecule has 0 heterocycles. The predicted molar refractivity (Wildman–Crippen MR) is 107 cm³/mol. The van der Waals surface area contributed by atoms with Crippen LogP contribution in [0.4, 0.5) is 0 Å². The third kappa shape index (κ3) is 4.35. The quantitative estimate of drug-likeness (QED) is 0.488. The first kappa shape index (κ1) is 18.9. The fraction of sp³-hybridized carbons (Fsp3) is 0.136. The Balaban J connectivity index is 0.00000225. The van der Waals surface area contributed by atoms with Crippen LogP contribution in [0.5, 0.6) is 0 Å². The summed E-state index contributed by atoms with van der Waals surface area (Å²) < 4.78 is 5.98. The van der Waals surface area contributed by atoms with E-state index in [2.05, 4.69) is 12.1 Å². The Kier molecular flexibility index (Phi) is 6.50. The van der Waals surface area contributed by atoms with Gasteiger partial charge in [-0.15, -0.1) is 0 Å². The van der Waals surface area contributed by atoms with Crippen molar-refractivity contribution in [2.75, 3.05) is 0 Å². The fourth-order valence-electron chi connectivity index (χ4n) is 3.07. The van der Waals surface area contributed by atoms with Gasteiger partial charge < -0.3 is 4.74 Å².